The van der Waals surface area contributed by atoms with Crippen LogP contribution in [0.25, 0.3) is 0 Å². The molecular formula is C11H10FNO2. The first-order valence-corrected chi connectivity index (χ1v) is 4.47. The van der Waals surface area contributed by atoms with Gasteiger partial charge in [-0.2, -0.15) is 5.26 Å². The van der Waals surface area contributed by atoms with E-state index in [-0.39, 0.29) is 22.7 Å². The molecule has 1 rings (SSSR count). The minimum atomic E-state index is -0.675. The summed E-state index contributed by atoms with van der Waals surface area (Å²) in [5.74, 6) is -0.748. The summed E-state index contributed by atoms with van der Waals surface area (Å²) in [7, 11) is 0. The number of carbonyl (C=O) groups excluding carboxylic acids is 1. The number of halogens is 1. The van der Waals surface area contributed by atoms with E-state index >= 15 is 0 Å². The van der Waals surface area contributed by atoms with Crippen LogP contribution in [0.15, 0.2) is 12.1 Å². The van der Waals surface area contributed by atoms with Crippen molar-refractivity contribution in [1.82, 2.24) is 0 Å². The Hall–Kier alpha value is -1.89. The summed E-state index contributed by atoms with van der Waals surface area (Å²) in [6.45, 7) is 3.42. The molecule has 0 aromatic heterocycles. The van der Waals surface area contributed by atoms with Gasteiger partial charge in [0.15, 0.2) is 5.78 Å². The number of rotatable bonds is 3. The average Bonchev–Trinajstić information content (AvgIpc) is 2.18. The molecule has 0 aliphatic rings. The molecule has 0 amide bonds. The van der Waals surface area contributed by atoms with Gasteiger partial charge in [0.25, 0.3) is 0 Å². The fourth-order valence-corrected chi connectivity index (χ4v) is 1.19. The molecule has 0 saturated carbocycles. The van der Waals surface area contributed by atoms with Crippen molar-refractivity contribution >= 4 is 5.78 Å². The Morgan fingerprint density at radius 2 is 2.27 bits per heavy atom. The lowest BCUT2D eigenvalue weighted by Crippen LogP contribution is -2.02. The molecule has 0 atom stereocenters. The van der Waals surface area contributed by atoms with Crippen molar-refractivity contribution in [3.05, 3.63) is 29.1 Å². The van der Waals surface area contributed by atoms with Crippen molar-refractivity contribution < 1.29 is 13.9 Å². The minimum absolute atomic E-state index is 0.149. The van der Waals surface area contributed by atoms with Crippen molar-refractivity contribution in [1.29, 1.82) is 5.26 Å². The van der Waals surface area contributed by atoms with E-state index in [0.717, 1.165) is 6.07 Å². The highest BCUT2D eigenvalue weighted by Crippen LogP contribution is 2.23. The molecule has 1 aromatic carbocycles. The van der Waals surface area contributed by atoms with Gasteiger partial charge in [0, 0.05) is 6.07 Å². The van der Waals surface area contributed by atoms with E-state index in [1.807, 2.05) is 0 Å². The smallest absolute Gasteiger partial charge is 0.163 e. The van der Waals surface area contributed by atoms with E-state index < -0.39 is 5.82 Å². The molecule has 0 fully saturated rings. The lowest BCUT2D eigenvalue weighted by atomic mass is 10.1. The maximum Gasteiger partial charge on any atom is 0.163 e. The lowest BCUT2D eigenvalue weighted by Gasteiger charge is -2.08. The zero-order valence-corrected chi connectivity index (χ0v) is 8.50. The minimum Gasteiger partial charge on any atom is -0.493 e. The molecule has 78 valence electrons. The second-order valence-electron chi connectivity index (χ2n) is 2.93. The summed E-state index contributed by atoms with van der Waals surface area (Å²) in [4.78, 5) is 11.2. The van der Waals surface area contributed by atoms with Crippen LogP contribution in [0, 0.1) is 17.1 Å². The molecule has 0 saturated heterocycles. The number of ketones is 1. The first-order valence-electron chi connectivity index (χ1n) is 4.47. The van der Waals surface area contributed by atoms with Gasteiger partial charge in [-0.05, 0) is 19.9 Å². The number of hydrogen-bond acceptors (Lipinski definition) is 3. The Morgan fingerprint density at radius 1 is 1.60 bits per heavy atom. The summed E-state index contributed by atoms with van der Waals surface area (Å²) < 4.78 is 18.3. The Morgan fingerprint density at radius 3 is 2.73 bits per heavy atom. The van der Waals surface area contributed by atoms with Gasteiger partial charge in [-0.15, -0.1) is 0 Å². The van der Waals surface area contributed by atoms with Gasteiger partial charge in [0.05, 0.1) is 17.7 Å². The van der Waals surface area contributed by atoms with Crippen LogP contribution in [0.4, 0.5) is 4.39 Å². The molecule has 3 nitrogen and oxygen atoms in total. The Labute approximate surface area is 87.1 Å². The monoisotopic (exact) mass is 207 g/mol. The van der Waals surface area contributed by atoms with Crippen LogP contribution in [-0.2, 0) is 0 Å². The van der Waals surface area contributed by atoms with Gasteiger partial charge in [0.2, 0.25) is 0 Å². The first-order chi connectivity index (χ1) is 7.10. The normalized spacial score (nSPS) is 9.47. The van der Waals surface area contributed by atoms with Gasteiger partial charge in [-0.25, -0.2) is 4.39 Å². The highest BCUT2D eigenvalue weighted by molar-refractivity contribution is 5.97. The number of benzene rings is 1. The standard InChI is InChI=1S/C11H10FNO2/c1-3-15-11-5-10(12)8(6-13)4-9(11)7(2)14/h4-5H,3H2,1-2H3. The second-order valence-corrected chi connectivity index (χ2v) is 2.93. The van der Waals surface area contributed by atoms with Crippen LogP contribution in [0.2, 0.25) is 0 Å². The summed E-state index contributed by atoms with van der Waals surface area (Å²) in [5, 5.41) is 8.60. The molecular weight excluding hydrogens is 197 g/mol. The predicted molar refractivity (Wildman–Crippen MR) is 52.3 cm³/mol. The first kappa shape index (κ1) is 11.2. The molecule has 0 unspecified atom stereocenters. The van der Waals surface area contributed by atoms with Crippen LogP contribution >= 0.6 is 0 Å². The summed E-state index contributed by atoms with van der Waals surface area (Å²) in [6.07, 6.45) is 0. The van der Waals surface area contributed by atoms with Crippen LogP contribution in [0.5, 0.6) is 5.75 Å². The number of nitrogens with zero attached hydrogens (tertiary/aromatic N) is 1. The van der Waals surface area contributed by atoms with E-state index in [0.29, 0.717) is 6.61 Å². The molecule has 1 aromatic rings. The maximum atomic E-state index is 13.2. The van der Waals surface area contributed by atoms with Crippen LogP contribution in [-0.4, -0.2) is 12.4 Å². The van der Waals surface area contributed by atoms with E-state index in [9.17, 15) is 9.18 Å². The molecule has 0 bridgehead atoms. The van der Waals surface area contributed by atoms with Crippen LogP contribution in [0.1, 0.15) is 29.8 Å². The van der Waals surface area contributed by atoms with Crippen molar-refractivity contribution in [2.75, 3.05) is 6.61 Å². The highest BCUT2D eigenvalue weighted by Gasteiger charge is 2.13. The molecule has 4 heteroatoms. The largest absolute Gasteiger partial charge is 0.493 e. The van der Waals surface area contributed by atoms with E-state index in [1.54, 1.807) is 13.0 Å². The molecule has 0 aliphatic carbocycles. The molecule has 0 heterocycles. The number of Topliss-reactive ketones (excluding diaryl/α,β-unsaturated/α-hetero) is 1. The molecule has 0 N–H and O–H groups in total. The van der Waals surface area contributed by atoms with E-state index in [4.69, 9.17) is 10.00 Å². The molecule has 0 radical (unpaired) electrons. The fraction of sp³-hybridized carbons (Fsp3) is 0.273. The van der Waals surface area contributed by atoms with E-state index in [2.05, 4.69) is 0 Å². The van der Waals surface area contributed by atoms with Gasteiger partial charge in [-0.3, -0.25) is 4.79 Å². The molecule has 15 heavy (non-hydrogen) atoms. The SMILES string of the molecule is CCOc1cc(F)c(C#N)cc1C(C)=O. The summed E-state index contributed by atoms with van der Waals surface area (Å²) in [6, 6.07) is 3.96. The predicted octanol–water partition coefficient (Wildman–Crippen LogP) is 2.30. The zero-order valence-electron chi connectivity index (χ0n) is 8.50. The zero-order chi connectivity index (χ0) is 11.4. The van der Waals surface area contributed by atoms with Crippen molar-refractivity contribution in [3.8, 4) is 11.8 Å². The van der Waals surface area contributed by atoms with Crippen molar-refractivity contribution in [2.45, 2.75) is 13.8 Å². The highest BCUT2D eigenvalue weighted by atomic mass is 19.1. The number of carbonyl (C=O) groups is 1. The topological polar surface area (TPSA) is 50.1 Å². The Balaban J connectivity index is 3.33. The van der Waals surface area contributed by atoms with Gasteiger partial charge in [0.1, 0.15) is 17.6 Å². The third-order valence-corrected chi connectivity index (χ3v) is 1.87. The number of hydrogen-bond donors (Lipinski definition) is 0. The Kier molecular flexibility index (Phi) is 3.40. The third-order valence-electron chi connectivity index (χ3n) is 1.87. The number of nitriles is 1. The summed E-state index contributed by atoms with van der Waals surface area (Å²) >= 11 is 0. The quantitative estimate of drug-likeness (QED) is 0.714. The van der Waals surface area contributed by atoms with Crippen molar-refractivity contribution in [2.24, 2.45) is 0 Å². The van der Waals surface area contributed by atoms with Crippen LogP contribution in [0.3, 0.4) is 0 Å². The molecule has 0 spiro atoms. The summed E-state index contributed by atoms with van der Waals surface area (Å²) in [5.41, 5.74) is 0.0819. The van der Waals surface area contributed by atoms with E-state index in [1.165, 1.54) is 13.0 Å². The van der Waals surface area contributed by atoms with Crippen molar-refractivity contribution in [3.63, 3.8) is 0 Å². The van der Waals surface area contributed by atoms with Gasteiger partial charge < -0.3 is 4.74 Å². The number of ether oxygens (including phenoxy) is 1. The fourth-order valence-electron chi connectivity index (χ4n) is 1.19. The average molecular weight is 207 g/mol. The van der Waals surface area contributed by atoms with Crippen LogP contribution < -0.4 is 4.74 Å². The van der Waals surface area contributed by atoms with Gasteiger partial charge >= 0.3 is 0 Å². The Bertz CT molecular complexity index is 435. The molecule has 0 aliphatic heterocycles. The maximum absolute atomic E-state index is 13.2. The third kappa shape index (κ3) is 2.32. The second kappa shape index (κ2) is 4.56. The van der Waals surface area contributed by atoms with Gasteiger partial charge in [-0.1, -0.05) is 0 Å². The lowest BCUT2D eigenvalue weighted by molar-refractivity contribution is 0.101.